The molecule has 0 aliphatic rings. The highest BCUT2D eigenvalue weighted by molar-refractivity contribution is 6.40. The van der Waals surface area contributed by atoms with Gasteiger partial charge in [-0.05, 0) is 24.6 Å². The van der Waals surface area contributed by atoms with E-state index in [1.807, 2.05) is 0 Å². The van der Waals surface area contributed by atoms with Crippen LogP contribution in [0.3, 0.4) is 0 Å². The highest BCUT2D eigenvalue weighted by Crippen LogP contribution is 2.31. The molecule has 3 N–H and O–H groups in total. The SMILES string of the molecule is Cc1cnc(CNC(=O)C(=O)Nc2c[nH]c3cc(F)c(F)cc23)cc1C(F)(F)F. The molecule has 2 amide bonds. The van der Waals surface area contributed by atoms with Crippen LogP contribution in [-0.2, 0) is 22.3 Å². The van der Waals surface area contributed by atoms with Gasteiger partial charge in [-0.2, -0.15) is 13.2 Å². The number of hydrogen-bond acceptors (Lipinski definition) is 3. The number of hydrogen-bond donors (Lipinski definition) is 3. The normalized spacial score (nSPS) is 11.5. The molecule has 2 aromatic heterocycles. The van der Waals surface area contributed by atoms with Crippen molar-refractivity contribution >= 4 is 28.4 Å². The van der Waals surface area contributed by atoms with Crippen molar-refractivity contribution in [1.82, 2.24) is 15.3 Å². The maximum atomic E-state index is 13.4. The number of aromatic amines is 1. The molecule has 29 heavy (non-hydrogen) atoms. The number of aromatic nitrogens is 2. The van der Waals surface area contributed by atoms with E-state index >= 15 is 0 Å². The summed E-state index contributed by atoms with van der Waals surface area (Å²) in [7, 11) is 0. The van der Waals surface area contributed by atoms with Crippen LogP contribution in [0.15, 0.2) is 30.6 Å². The molecule has 152 valence electrons. The van der Waals surface area contributed by atoms with E-state index < -0.39 is 41.7 Å². The Morgan fingerprint density at radius 3 is 2.48 bits per heavy atom. The van der Waals surface area contributed by atoms with E-state index in [1.165, 1.54) is 13.1 Å². The van der Waals surface area contributed by atoms with Crippen molar-refractivity contribution in [3.63, 3.8) is 0 Å². The van der Waals surface area contributed by atoms with Crippen LogP contribution in [0.25, 0.3) is 10.9 Å². The van der Waals surface area contributed by atoms with Gasteiger partial charge in [0.25, 0.3) is 0 Å². The number of benzene rings is 1. The summed E-state index contributed by atoms with van der Waals surface area (Å²) in [6, 6.07) is 2.52. The Kier molecular flexibility index (Phi) is 5.23. The molecule has 0 saturated heterocycles. The zero-order valence-corrected chi connectivity index (χ0v) is 14.7. The molecule has 0 radical (unpaired) electrons. The standard InChI is InChI=1S/C18H13F5N4O2/c1-8-5-24-9(2-11(8)18(21,22)23)6-26-16(28)17(29)27-15-7-25-14-4-13(20)12(19)3-10(14)15/h2-5,7,25H,6H2,1H3,(H,26,28)(H,27,29). The van der Waals surface area contributed by atoms with Crippen molar-refractivity contribution in [3.05, 3.63) is 59.0 Å². The zero-order chi connectivity index (χ0) is 21.3. The molecule has 0 saturated carbocycles. The first-order chi connectivity index (χ1) is 13.6. The van der Waals surface area contributed by atoms with Crippen molar-refractivity contribution in [3.8, 4) is 0 Å². The van der Waals surface area contributed by atoms with Gasteiger partial charge in [-0.3, -0.25) is 14.6 Å². The number of nitrogens with zero attached hydrogens (tertiary/aromatic N) is 1. The maximum absolute atomic E-state index is 13.4. The summed E-state index contributed by atoms with van der Waals surface area (Å²) >= 11 is 0. The van der Waals surface area contributed by atoms with Crippen LogP contribution >= 0.6 is 0 Å². The highest BCUT2D eigenvalue weighted by Gasteiger charge is 2.32. The van der Waals surface area contributed by atoms with Crippen LogP contribution in [0.4, 0.5) is 27.6 Å². The van der Waals surface area contributed by atoms with Gasteiger partial charge in [-0.15, -0.1) is 0 Å². The number of carbonyl (C=O) groups is 2. The number of nitrogens with one attached hydrogen (secondary N) is 3. The van der Waals surface area contributed by atoms with Gasteiger partial charge in [0, 0.05) is 23.8 Å². The highest BCUT2D eigenvalue weighted by atomic mass is 19.4. The predicted octanol–water partition coefficient (Wildman–Crippen LogP) is 3.42. The van der Waals surface area contributed by atoms with Gasteiger partial charge in [0.15, 0.2) is 11.6 Å². The Morgan fingerprint density at radius 2 is 1.79 bits per heavy atom. The summed E-state index contributed by atoms with van der Waals surface area (Å²) in [5.74, 6) is -4.50. The van der Waals surface area contributed by atoms with Gasteiger partial charge in [0.1, 0.15) is 0 Å². The summed E-state index contributed by atoms with van der Waals surface area (Å²) in [6.45, 7) is 0.838. The topological polar surface area (TPSA) is 86.9 Å². The Morgan fingerprint density at radius 1 is 1.10 bits per heavy atom. The number of alkyl halides is 3. The lowest BCUT2D eigenvalue weighted by Gasteiger charge is -2.12. The van der Waals surface area contributed by atoms with Crippen LogP contribution in [0, 0.1) is 18.6 Å². The lowest BCUT2D eigenvalue weighted by atomic mass is 10.1. The number of rotatable bonds is 3. The summed E-state index contributed by atoms with van der Waals surface area (Å²) < 4.78 is 65.4. The Bertz CT molecular complexity index is 1110. The smallest absolute Gasteiger partial charge is 0.359 e. The first-order valence-corrected chi connectivity index (χ1v) is 8.14. The molecule has 11 heteroatoms. The Labute approximate surface area is 160 Å². The van der Waals surface area contributed by atoms with E-state index in [4.69, 9.17) is 0 Å². The van der Waals surface area contributed by atoms with Crippen molar-refractivity contribution in [2.24, 2.45) is 0 Å². The number of anilines is 1. The molecule has 0 aliphatic carbocycles. The second-order valence-electron chi connectivity index (χ2n) is 6.14. The number of H-pyrrole nitrogens is 1. The molecule has 3 rings (SSSR count). The minimum absolute atomic E-state index is 0.0341. The number of pyridine rings is 1. The van der Waals surface area contributed by atoms with Gasteiger partial charge in [-0.25, -0.2) is 8.78 Å². The van der Waals surface area contributed by atoms with E-state index in [9.17, 15) is 31.5 Å². The summed E-state index contributed by atoms with van der Waals surface area (Å²) in [5, 5.41) is 4.51. The molecule has 0 fully saturated rings. The molecule has 0 spiro atoms. The van der Waals surface area contributed by atoms with Crippen molar-refractivity contribution < 1.29 is 31.5 Å². The number of carbonyl (C=O) groups excluding carboxylic acids is 2. The first-order valence-electron chi connectivity index (χ1n) is 8.14. The molecule has 2 heterocycles. The van der Waals surface area contributed by atoms with Crippen molar-refractivity contribution in [2.45, 2.75) is 19.6 Å². The van der Waals surface area contributed by atoms with E-state index in [-0.39, 0.29) is 27.8 Å². The van der Waals surface area contributed by atoms with Gasteiger partial charge in [-0.1, -0.05) is 0 Å². The predicted molar refractivity (Wildman–Crippen MR) is 92.7 cm³/mol. The van der Waals surface area contributed by atoms with E-state index in [2.05, 4.69) is 20.6 Å². The quantitative estimate of drug-likeness (QED) is 0.455. The molecule has 0 atom stereocenters. The molecule has 0 unspecified atom stereocenters. The third kappa shape index (κ3) is 4.33. The summed E-state index contributed by atoms with van der Waals surface area (Å²) in [5.41, 5.74) is -0.827. The maximum Gasteiger partial charge on any atom is 0.416 e. The van der Waals surface area contributed by atoms with Crippen LogP contribution in [0.2, 0.25) is 0 Å². The van der Waals surface area contributed by atoms with E-state index in [0.29, 0.717) is 0 Å². The number of aryl methyl sites for hydroxylation is 1. The monoisotopic (exact) mass is 412 g/mol. The van der Waals surface area contributed by atoms with Crippen LogP contribution in [0.1, 0.15) is 16.8 Å². The largest absolute Gasteiger partial charge is 0.416 e. The summed E-state index contributed by atoms with van der Waals surface area (Å²) in [6.07, 6.45) is -2.32. The molecule has 3 aromatic rings. The minimum Gasteiger partial charge on any atom is -0.359 e. The molecular weight excluding hydrogens is 399 g/mol. The lowest BCUT2D eigenvalue weighted by Crippen LogP contribution is -2.35. The van der Waals surface area contributed by atoms with Crippen molar-refractivity contribution in [1.29, 1.82) is 0 Å². The Balaban J connectivity index is 1.68. The number of amides is 2. The van der Waals surface area contributed by atoms with Crippen LogP contribution in [-0.4, -0.2) is 21.8 Å². The average Bonchev–Trinajstić information content (AvgIpc) is 3.01. The van der Waals surface area contributed by atoms with Crippen LogP contribution < -0.4 is 10.6 Å². The number of halogens is 5. The molecular formula is C18H13F5N4O2. The fraction of sp³-hybridized carbons (Fsp3) is 0.167. The fourth-order valence-electron chi connectivity index (χ4n) is 2.62. The third-order valence-electron chi connectivity index (χ3n) is 4.07. The van der Waals surface area contributed by atoms with Gasteiger partial charge < -0.3 is 15.6 Å². The van der Waals surface area contributed by atoms with E-state index in [0.717, 1.165) is 24.4 Å². The first kappa shape index (κ1) is 20.2. The second kappa shape index (κ2) is 7.49. The second-order valence-corrected chi connectivity index (χ2v) is 6.14. The molecule has 6 nitrogen and oxygen atoms in total. The van der Waals surface area contributed by atoms with E-state index in [1.54, 1.807) is 0 Å². The van der Waals surface area contributed by atoms with Gasteiger partial charge in [0.05, 0.1) is 29.0 Å². The zero-order valence-electron chi connectivity index (χ0n) is 14.7. The Hall–Kier alpha value is -3.50. The van der Waals surface area contributed by atoms with Crippen molar-refractivity contribution in [2.75, 3.05) is 5.32 Å². The molecule has 1 aromatic carbocycles. The molecule has 0 aliphatic heterocycles. The third-order valence-corrected chi connectivity index (χ3v) is 4.07. The van der Waals surface area contributed by atoms with Gasteiger partial charge >= 0.3 is 18.0 Å². The average molecular weight is 412 g/mol. The number of fused-ring (bicyclic) bond motifs is 1. The van der Waals surface area contributed by atoms with Crippen LogP contribution in [0.5, 0.6) is 0 Å². The lowest BCUT2D eigenvalue weighted by molar-refractivity contribution is -0.138. The minimum atomic E-state index is -4.58. The fourth-order valence-corrected chi connectivity index (χ4v) is 2.62. The molecule has 0 bridgehead atoms. The summed E-state index contributed by atoms with van der Waals surface area (Å²) in [4.78, 5) is 30.3. The van der Waals surface area contributed by atoms with Gasteiger partial charge in [0.2, 0.25) is 0 Å².